The van der Waals surface area contributed by atoms with Gasteiger partial charge in [-0.25, -0.2) is 0 Å². The van der Waals surface area contributed by atoms with E-state index in [9.17, 15) is 4.79 Å². The summed E-state index contributed by atoms with van der Waals surface area (Å²) in [7, 11) is 2.15. The Hall–Kier alpha value is -0.580. The van der Waals surface area contributed by atoms with Gasteiger partial charge in [0.15, 0.2) is 0 Å². The fourth-order valence-corrected chi connectivity index (χ4v) is 4.62. The van der Waals surface area contributed by atoms with Crippen molar-refractivity contribution in [3.63, 3.8) is 0 Å². The Balaban J connectivity index is 0.00000176. The summed E-state index contributed by atoms with van der Waals surface area (Å²) in [4.78, 5) is 15.1. The number of thiophene rings is 1. The highest BCUT2D eigenvalue weighted by Crippen LogP contribution is 2.43. The maximum atomic E-state index is 12.8. The summed E-state index contributed by atoms with van der Waals surface area (Å²) in [6, 6.07) is 2.10. The van der Waals surface area contributed by atoms with Gasteiger partial charge in [0.2, 0.25) is 0 Å². The van der Waals surface area contributed by atoms with Gasteiger partial charge in [-0.2, -0.15) is 11.3 Å². The molecule has 1 aliphatic heterocycles. The number of esters is 1. The summed E-state index contributed by atoms with van der Waals surface area (Å²) in [5, 5.41) is 4.19. The summed E-state index contributed by atoms with van der Waals surface area (Å²) in [6.45, 7) is 2.82. The molecule has 2 heterocycles. The Morgan fingerprint density at radius 2 is 2.18 bits per heavy atom. The number of halogens is 1. The molecular formula is C17H26ClNO2S. The van der Waals surface area contributed by atoms with E-state index in [4.69, 9.17) is 4.74 Å². The van der Waals surface area contributed by atoms with Crippen LogP contribution in [0.5, 0.6) is 0 Å². The lowest BCUT2D eigenvalue weighted by molar-refractivity contribution is -0.152. The Morgan fingerprint density at radius 3 is 2.82 bits per heavy atom. The van der Waals surface area contributed by atoms with Crippen molar-refractivity contribution < 1.29 is 9.53 Å². The average Bonchev–Trinajstić information content (AvgIpc) is 3.16. The van der Waals surface area contributed by atoms with Gasteiger partial charge in [0.25, 0.3) is 0 Å². The molecule has 3 rings (SSSR count). The predicted octanol–water partition coefficient (Wildman–Crippen LogP) is 3.87. The summed E-state index contributed by atoms with van der Waals surface area (Å²) in [5.41, 5.74) is 0.830. The molecule has 22 heavy (non-hydrogen) atoms. The second-order valence-corrected chi connectivity index (χ2v) is 7.45. The molecule has 0 N–H and O–H groups in total. The monoisotopic (exact) mass is 343 g/mol. The third kappa shape index (κ3) is 3.66. The zero-order valence-corrected chi connectivity index (χ0v) is 14.9. The molecule has 0 aromatic carbocycles. The van der Waals surface area contributed by atoms with E-state index in [0.717, 1.165) is 32.2 Å². The first-order valence-electron chi connectivity index (χ1n) is 8.09. The van der Waals surface area contributed by atoms with Crippen molar-refractivity contribution in [1.29, 1.82) is 0 Å². The van der Waals surface area contributed by atoms with Crippen molar-refractivity contribution in [2.75, 3.05) is 26.7 Å². The molecule has 1 aromatic rings. The maximum absolute atomic E-state index is 12.8. The number of piperidine rings is 1. The molecule has 3 nitrogen and oxygen atoms in total. The van der Waals surface area contributed by atoms with E-state index in [1.165, 1.54) is 24.9 Å². The van der Waals surface area contributed by atoms with Crippen LogP contribution in [-0.2, 0) is 14.9 Å². The van der Waals surface area contributed by atoms with Crippen molar-refractivity contribution in [2.24, 2.45) is 5.92 Å². The van der Waals surface area contributed by atoms with Gasteiger partial charge < -0.3 is 9.64 Å². The molecule has 1 aliphatic carbocycles. The number of carbonyl (C=O) groups excluding carboxylic acids is 1. The molecule has 0 amide bonds. The number of hydrogen-bond donors (Lipinski definition) is 0. The predicted molar refractivity (Wildman–Crippen MR) is 92.9 cm³/mol. The molecule has 1 saturated heterocycles. The Labute approximate surface area is 143 Å². The quantitative estimate of drug-likeness (QED) is 0.777. The van der Waals surface area contributed by atoms with E-state index in [1.807, 2.05) is 0 Å². The minimum absolute atomic E-state index is 0. The lowest BCUT2D eigenvalue weighted by atomic mass is 9.80. The van der Waals surface area contributed by atoms with Gasteiger partial charge in [-0.1, -0.05) is 12.8 Å². The van der Waals surface area contributed by atoms with Crippen LogP contribution in [-0.4, -0.2) is 37.6 Å². The van der Waals surface area contributed by atoms with Crippen LogP contribution in [0.4, 0.5) is 0 Å². The summed E-state index contributed by atoms with van der Waals surface area (Å²) in [6.07, 6.45) is 6.58. The van der Waals surface area contributed by atoms with E-state index < -0.39 is 0 Å². The molecule has 1 aromatic heterocycles. The van der Waals surface area contributed by atoms with Crippen molar-refractivity contribution >= 4 is 29.7 Å². The average molecular weight is 344 g/mol. The first-order valence-corrected chi connectivity index (χ1v) is 9.03. The molecule has 0 radical (unpaired) electrons. The molecule has 5 heteroatoms. The van der Waals surface area contributed by atoms with E-state index in [1.54, 1.807) is 11.3 Å². The van der Waals surface area contributed by atoms with Crippen LogP contribution in [0.25, 0.3) is 0 Å². The molecule has 1 atom stereocenters. The van der Waals surface area contributed by atoms with Gasteiger partial charge in [-0.05, 0) is 61.7 Å². The van der Waals surface area contributed by atoms with Crippen molar-refractivity contribution in [2.45, 2.75) is 43.9 Å². The standard InChI is InChI=1S/C17H25NO2S.ClH/c1-18-9-4-5-14(11-18)12-20-16(19)17(7-2-3-8-17)15-6-10-21-13-15;/h6,10,13-14H,2-5,7-9,11-12H2,1H3;1H. The number of hydrogen-bond acceptors (Lipinski definition) is 4. The number of rotatable bonds is 4. The van der Waals surface area contributed by atoms with Crippen molar-refractivity contribution in [3.8, 4) is 0 Å². The van der Waals surface area contributed by atoms with E-state index in [2.05, 4.69) is 28.8 Å². The highest BCUT2D eigenvalue weighted by Gasteiger charge is 2.44. The fraction of sp³-hybridized carbons (Fsp3) is 0.706. The molecular weight excluding hydrogens is 318 g/mol. The first-order chi connectivity index (χ1) is 10.2. The van der Waals surface area contributed by atoms with Crippen LogP contribution in [0.2, 0.25) is 0 Å². The van der Waals surface area contributed by atoms with Crippen LogP contribution >= 0.6 is 23.7 Å². The molecule has 2 fully saturated rings. The van der Waals surface area contributed by atoms with Gasteiger partial charge in [0.05, 0.1) is 12.0 Å². The third-order valence-corrected chi connectivity index (χ3v) is 5.78. The molecule has 1 saturated carbocycles. The van der Waals surface area contributed by atoms with Gasteiger partial charge in [-0.15, -0.1) is 12.4 Å². The smallest absolute Gasteiger partial charge is 0.316 e. The van der Waals surface area contributed by atoms with Crippen LogP contribution in [0.1, 0.15) is 44.1 Å². The lowest BCUT2D eigenvalue weighted by Crippen LogP contribution is -2.38. The molecule has 124 valence electrons. The zero-order chi connectivity index (χ0) is 14.7. The number of likely N-dealkylation sites (tertiary alicyclic amines) is 1. The highest BCUT2D eigenvalue weighted by atomic mass is 35.5. The van der Waals surface area contributed by atoms with Gasteiger partial charge >= 0.3 is 5.97 Å². The second kappa shape index (κ2) is 7.80. The van der Waals surface area contributed by atoms with Crippen molar-refractivity contribution in [1.82, 2.24) is 4.90 Å². The first kappa shape index (κ1) is 17.8. The summed E-state index contributed by atoms with van der Waals surface area (Å²) >= 11 is 1.67. The number of nitrogens with zero attached hydrogens (tertiary/aromatic N) is 1. The SMILES string of the molecule is CN1CCCC(COC(=O)C2(c3ccsc3)CCCC2)C1.Cl. The Morgan fingerprint density at radius 1 is 1.41 bits per heavy atom. The summed E-state index contributed by atoms with van der Waals surface area (Å²) < 4.78 is 5.78. The molecule has 2 aliphatic rings. The molecule has 0 spiro atoms. The van der Waals surface area contributed by atoms with E-state index in [0.29, 0.717) is 12.5 Å². The van der Waals surface area contributed by atoms with Crippen LogP contribution in [0.3, 0.4) is 0 Å². The second-order valence-electron chi connectivity index (χ2n) is 6.67. The van der Waals surface area contributed by atoms with E-state index >= 15 is 0 Å². The van der Waals surface area contributed by atoms with Gasteiger partial charge in [0, 0.05) is 12.5 Å². The topological polar surface area (TPSA) is 29.5 Å². The summed E-state index contributed by atoms with van der Waals surface area (Å²) in [5.74, 6) is 0.528. The van der Waals surface area contributed by atoms with Crippen LogP contribution < -0.4 is 0 Å². The largest absolute Gasteiger partial charge is 0.465 e. The van der Waals surface area contributed by atoms with Gasteiger partial charge in [0.1, 0.15) is 0 Å². The fourth-order valence-electron chi connectivity index (χ4n) is 3.87. The van der Waals surface area contributed by atoms with Crippen LogP contribution in [0, 0.1) is 5.92 Å². The molecule has 1 unspecified atom stereocenters. The number of ether oxygens (including phenoxy) is 1. The Bertz CT molecular complexity index is 471. The normalized spacial score (nSPS) is 24.7. The lowest BCUT2D eigenvalue weighted by Gasteiger charge is -2.31. The minimum atomic E-state index is -0.347. The minimum Gasteiger partial charge on any atom is -0.465 e. The van der Waals surface area contributed by atoms with Crippen LogP contribution in [0.15, 0.2) is 16.8 Å². The van der Waals surface area contributed by atoms with Crippen molar-refractivity contribution in [3.05, 3.63) is 22.4 Å². The zero-order valence-electron chi connectivity index (χ0n) is 13.3. The number of carbonyl (C=O) groups is 1. The van der Waals surface area contributed by atoms with E-state index in [-0.39, 0.29) is 23.8 Å². The highest BCUT2D eigenvalue weighted by molar-refractivity contribution is 7.08. The van der Waals surface area contributed by atoms with Gasteiger partial charge in [-0.3, -0.25) is 4.79 Å². The third-order valence-electron chi connectivity index (χ3n) is 5.09. The maximum Gasteiger partial charge on any atom is 0.316 e. The molecule has 0 bridgehead atoms. The Kier molecular flexibility index (Phi) is 6.30.